The summed E-state index contributed by atoms with van der Waals surface area (Å²) in [5, 5.41) is 0. The van der Waals surface area contributed by atoms with E-state index in [0.29, 0.717) is 12.8 Å². The highest BCUT2D eigenvalue weighted by atomic mass is 16.5. The maximum atomic E-state index is 12.5. The fourth-order valence-corrected chi connectivity index (χ4v) is 4.04. The molecule has 0 aliphatic heterocycles. The summed E-state index contributed by atoms with van der Waals surface area (Å²) in [7, 11) is 2.54. The number of carbonyl (C=O) groups is 3. The van der Waals surface area contributed by atoms with Gasteiger partial charge in [0.2, 0.25) is 0 Å². The molecule has 1 aromatic carbocycles. The monoisotopic (exact) mass is 328 g/mol. The molecule has 2 aliphatic carbocycles. The van der Waals surface area contributed by atoms with Crippen LogP contribution in [0.4, 0.5) is 0 Å². The van der Waals surface area contributed by atoms with Crippen molar-refractivity contribution in [3.05, 3.63) is 47.5 Å². The number of rotatable bonds is 3. The molecular weight excluding hydrogens is 308 g/mol. The third-order valence-electron chi connectivity index (χ3n) is 5.23. The normalized spacial score (nSPS) is 24.8. The largest absolute Gasteiger partial charge is 0.468 e. The summed E-state index contributed by atoms with van der Waals surface area (Å²) in [5.41, 5.74) is 0.588. The van der Waals surface area contributed by atoms with Gasteiger partial charge in [-0.1, -0.05) is 35.9 Å². The van der Waals surface area contributed by atoms with E-state index < -0.39 is 17.4 Å². The summed E-state index contributed by atoms with van der Waals surface area (Å²) < 4.78 is 9.78. The molecule has 0 radical (unpaired) electrons. The molecular formula is C19H20O5. The van der Waals surface area contributed by atoms with E-state index in [0.717, 1.165) is 11.1 Å². The lowest BCUT2D eigenvalue weighted by molar-refractivity contribution is -0.172. The Balaban J connectivity index is 1.99. The van der Waals surface area contributed by atoms with Gasteiger partial charge in [-0.05, 0) is 36.8 Å². The van der Waals surface area contributed by atoms with Gasteiger partial charge < -0.3 is 9.47 Å². The summed E-state index contributed by atoms with van der Waals surface area (Å²) in [5.74, 6) is -1.66. The van der Waals surface area contributed by atoms with Crippen molar-refractivity contribution in [2.45, 2.75) is 25.2 Å². The smallest absolute Gasteiger partial charge is 0.323 e. The number of esters is 2. The molecule has 1 saturated carbocycles. The maximum Gasteiger partial charge on any atom is 0.323 e. The topological polar surface area (TPSA) is 69.7 Å². The minimum Gasteiger partial charge on any atom is -0.468 e. The van der Waals surface area contributed by atoms with Gasteiger partial charge in [-0.3, -0.25) is 14.4 Å². The number of hydrogen-bond acceptors (Lipinski definition) is 5. The Morgan fingerprint density at radius 1 is 1.08 bits per heavy atom. The van der Waals surface area contributed by atoms with Gasteiger partial charge in [-0.15, -0.1) is 0 Å². The molecule has 2 aliphatic rings. The Kier molecular flexibility index (Phi) is 4.26. The van der Waals surface area contributed by atoms with Gasteiger partial charge in [0.1, 0.15) is 0 Å². The van der Waals surface area contributed by atoms with E-state index in [1.54, 1.807) is 6.08 Å². The van der Waals surface area contributed by atoms with Crippen molar-refractivity contribution in [2.24, 2.45) is 11.3 Å². The SMILES string of the molecule is COC(=O)C1(C(=O)OC)CCC2=CC(=O)[C@H](c3ccccc3)[C@H]2C1. The van der Waals surface area contributed by atoms with Crippen LogP contribution in [0.15, 0.2) is 42.0 Å². The predicted octanol–water partition coefficient (Wildman–Crippen LogP) is 2.41. The molecule has 24 heavy (non-hydrogen) atoms. The second-order valence-electron chi connectivity index (χ2n) is 6.39. The Morgan fingerprint density at radius 2 is 1.71 bits per heavy atom. The van der Waals surface area contributed by atoms with Gasteiger partial charge in [0.05, 0.1) is 20.1 Å². The van der Waals surface area contributed by atoms with Crippen LogP contribution >= 0.6 is 0 Å². The zero-order valence-electron chi connectivity index (χ0n) is 13.8. The van der Waals surface area contributed by atoms with E-state index in [4.69, 9.17) is 9.47 Å². The molecule has 2 atom stereocenters. The van der Waals surface area contributed by atoms with Crippen molar-refractivity contribution < 1.29 is 23.9 Å². The van der Waals surface area contributed by atoms with Crippen molar-refractivity contribution in [3.8, 4) is 0 Å². The molecule has 5 nitrogen and oxygen atoms in total. The molecule has 0 amide bonds. The fourth-order valence-electron chi connectivity index (χ4n) is 4.04. The second-order valence-corrected chi connectivity index (χ2v) is 6.39. The van der Waals surface area contributed by atoms with E-state index >= 15 is 0 Å². The lowest BCUT2D eigenvalue weighted by atomic mass is 9.65. The Bertz CT molecular complexity index is 688. The zero-order chi connectivity index (χ0) is 17.3. The Morgan fingerprint density at radius 3 is 2.29 bits per heavy atom. The molecule has 0 spiro atoms. The van der Waals surface area contributed by atoms with Gasteiger partial charge in [0, 0.05) is 0 Å². The van der Waals surface area contributed by atoms with Crippen LogP contribution in [0.2, 0.25) is 0 Å². The van der Waals surface area contributed by atoms with E-state index in [2.05, 4.69) is 0 Å². The van der Waals surface area contributed by atoms with Crippen LogP contribution in [-0.4, -0.2) is 31.9 Å². The van der Waals surface area contributed by atoms with Crippen LogP contribution < -0.4 is 0 Å². The standard InChI is InChI=1S/C19H20O5/c1-23-17(21)19(18(22)24-2)9-8-13-10-15(20)16(14(13)11-19)12-6-4-3-5-7-12/h3-7,10,14,16H,8-9,11H2,1-2H3/t14-,16+/m0/s1. The van der Waals surface area contributed by atoms with Crippen molar-refractivity contribution in [2.75, 3.05) is 14.2 Å². The first-order chi connectivity index (χ1) is 11.5. The Labute approximate surface area is 140 Å². The lowest BCUT2D eigenvalue weighted by Gasteiger charge is -2.38. The minimum atomic E-state index is -1.33. The number of ketones is 1. The molecule has 0 N–H and O–H groups in total. The fraction of sp³-hybridized carbons (Fsp3) is 0.421. The third-order valence-corrected chi connectivity index (χ3v) is 5.23. The number of methoxy groups -OCH3 is 2. The van der Waals surface area contributed by atoms with E-state index in [-0.39, 0.29) is 24.0 Å². The highest BCUT2D eigenvalue weighted by Crippen LogP contribution is 2.52. The van der Waals surface area contributed by atoms with Crippen molar-refractivity contribution in [1.82, 2.24) is 0 Å². The predicted molar refractivity (Wildman–Crippen MR) is 86.1 cm³/mol. The van der Waals surface area contributed by atoms with Gasteiger partial charge in [0.25, 0.3) is 0 Å². The molecule has 3 rings (SSSR count). The highest BCUT2D eigenvalue weighted by molar-refractivity contribution is 6.03. The lowest BCUT2D eigenvalue weighted by Crippen LogP contribution is -2.45. The van der Waals surface area contributed by atoms with Crippen molar-refractivity contribution in [3.63, 3.8) is 0 Å². The average Bonchev–Trinajstić information content (AvgIpc) is 2.95. The van der Waals surface area contributed by atoms with Crippen molar-refractivity contribution >= 4 is 17.7 Å². The molecule has 1 fully saturated rings. The Hall–Kier alpha value is -2.43. The maximum absolute atomic E-state index is 12.5. The van der Waals surface area contributed by atoms with Crippen LogP contribution in [0, 0.1) is 11.3 Å². The number of allylic oxidation sites excluding steroid dienone is 2. The molecule has 126 valence electrons. The van der Waals surface area contributed by atoms with Gasteiger partial charge in [0.15, 0.2) is 11.2 Å². The summed E-state index contributed by atoms with van der Waals surface area (Å²) in [4.78, 5) is 37.3. The number of benzene rings is 1. The molecule has 0 unspecified atom stereocenters. The van der Waals surface area contributed by atoms with Gasteiger partial charge in [-0.2, -0.15) is 0 Å². The van der Waals surface area contributed by atoms with Crippen molar-refractivity contribution in [1.29, 1.82) is 0 Å². The zero-order valence-corrected chi connectivity index (χ0v) is 13.8. The molecule has 0 heterocycles. The molecule has 0 bridgehead atoms. The number of carbonyl (C=O) groups excluding carboxylic acids is 3. The highest BCUT2D eigenvalue weighted by Gasteiger charge is 2.55. The van der Waals surface area contributed by atoms with Crippen LogP contribution in [0.25, 0.3) is 0 Å². The van der Waals surface area contributed by atoms with Crippen LogP contribution in [0.3, 0.4) is 0 Å². The quantitative estimate of drug-likeness (QED) is 0.629. The van der Waals surface area contributed by atoms with Gasteiger partial charge >= 0.3 is 11.9 Å². The van der Waals surface area contributed by atoms with E-state index in [9.17, 15) is 14.4 Å². The average molecular weight is 328 g/mol. The molecule has 1 aromatic rings. The summed E-state index contributed by atoms with van der Waals surface area (Å²) >= 11 is 0. The first-order valence-electron chi connectivity index (χ1n) is 7.99. The molecule has 0 saturated heterocycles. The number of fused-ring (bicyclic) bond motifs is 1. The minimum absolute atomic E-state index is 0.0340. The van der Waals surface area contributed by atoms with Gasteiger partial charge in [-0.25, -0.2) is 0 Å². The summed E-state index contributed by atoms with van der Waals surface area (Å²) in [6.45, 7) is 0. The molecule has 0 aromatic heterocycles. The first kappa shape index (κ1) is 16.4. The first-order valence-corrected chi connectivity index (χ1v) is 7.99. The third kappa shape index (κ3) is 2.44. The number of hydrogen-bond donors (Lipinski definition) is 0. The molecule has 5 heteroatoms. The summed E-state index contributed by atoms with van der Waals surface area (Å²) in [6.07, 6.45) is 2.75. The second kappa shape index (κ2) is 6.23. The summed E-state index contributed by atoms with van der Waals surface area (Å²) in [6, 6.07) is 9.48. The number of ether oxygens (including phenoxy) is 2. The van der Waals surface area contributed by atoms with Crippen LogP contribution in [0.5, 0.6) is 0 Å². The van der Waals surface area contributed by atoms with E-state index in [1.165, 1.54) is 14.2 Å². The van der Waals surface area contributed by atoms with Crippen LogP contribution in [0.1, 0.15) is 30.7 Å². The van der Waals surface area contributed by atoms with E-state index in [1.807, 2.05) is 30.3 Å². The van der Waals surface area contributed by atoms with Crippen LogP contribution in [-0.2, 0) is 23.9 Å².